The van der Waals surface area contributed by atoms with Gasteiger partial charge in [0.15, 0.2) is 11.8 Å². The van der Waals surface area contributed by atoms with E-state index in [-0.39, 0.29) is 11.2 Å². The standard InChI is InChI=1S/C20H27FN6/c1-22-19(23-13-18-26-25-17-9-3-2-6-12-27(17)18)24-14-20(10-11-20)15-7-4-5-8-16(15)21/h4-5,7-8H,2-3,6,9-14H2,1H3,(H2,22,23,24). The molecule has 0 amide bonds. The number of hydrogen-bond donors (Lipinski definition) is 2. The summed E-state index contributed by atoms with van der Waals surface area (Å²) < 4.78 is 16.4. The van der Waals surface area contributed by atoms with Gasteiger partial charge in [0, 0.05) is 32.0 Å². The van der Waals surface area contributed by atoms with Crippen molar-refractivity contribution in [3.63, 3.8) is 0 Å². The van der Waals surface area contributed by atoms with Crippen molar-refractivity contribution in [2.24, 2.45) is 4.99 Å². The Morgan fingerprint density at radius 3 is 2.81 bits per heavy atom. The highest BCUT2D eigenvalue weighted by molar-refractivity contribution is 5.79. The maximum absolute atomic E-state index is 14.2. The summed E-state index contributed by atoms with van der Waals surface area (Å²) in [6, 6.07) is 7.08. The van der Waals surface area contributed by atoms with E-state index < -0.39 is 0 Å². The largest absolute Gasteiger partial charge is 0.356 e. The lowest BCUT2D eigenvalue weighted by molar-refractivity contribution is 0.558. The number of rotatable bonds is 5. The molecule has 4 rings (SSSR count). The average molecular weight is 370 g/mol. The highest BCUT2D eigenvalue weighted by atomic mass is 19.1. The lowest BCUT2D eigenvalue weighted by Gasteiger charge is -2.19. The van der Waals surface area contributed by atoms with Gasteiger partial charge in [-0.1, -0.05) is 24.6 Å². The number of aromatic nitrogens is 3. The number of fused-ring (bicyclic) bond motifs is 1. The molecule has 6 nitrogen and oxygen atoms in total. The predicted octanol–water partition coefficient (Wildman–Crippen LogP) is 2.54. The van der Waals surface area contributed by atoms with Crippen LogP contribution in [-0.2, 0) is 24.9 Å². The number of benzene rings is 1. The van der Waals surface area contributed by atoms with E-state index in [2.05, 4.69) is 30.4 Å². The summed E-state index contributed by atoms with van der Waals surface area (Å²) >= 11 is 0. The topological polar surface area (TPSA) is 67.1 Å². The van der Waals surface area contributed by atoms with Crippen LogP contribution in [-0.4, -0.2) is 34.3 Å². The Morgan fingerprint density at radius 2 is 2.04 bits per heavy atom. The van der Waals surface area contributed by atoms with Gasteiger partial charge in [-0.05, 0) is 37.3 Å². The molecule has 27 heavy (non-hydrogen) atoms. The van der Waals surface area contributed by atoms with Crippen LogP contribution >= 0.6 is 0 Å². The fraction of sp³-hybridized carbons (Fsp3) is 0.550. The van der Waals surface area contributed by atoms with Crippen LogP contribution in [0.5, 0.6) is 0 Å². The second-order valence-electron chi connectivity index (χ2n) is 7.53. The SMILES string of the molecule is CN=C(NCc1nnc2n1CCCCC2)NCC1(c2ccccc2F)CC1. The predicted molar refractivity (Wildman–Crippen MR) is 103 cm³/mol. The van der Waals surface area contributed by atoms with Gasteiger partial charge in [0.05, 0.1) is 6.54 Å². The van der Waals surface area contributed by atoms with Crippen LogP contribution in [0.4, 0.5) is 4.39 Å². The first kappa shape index (κ1) is 17.9. The van der Waals surface area contributed by atoms with Gasteiger partial charge in [0.25, 0.3) is 0 Å². The van der Waals surface area contributed by atoms with Gasteiger partial charge in [-0.2, -0.15) is 0 Å². The molecule has 2 aromatic rings. The molecular formula is C20H27FN6. The second kappa shape index (κ2) is 7.66. The van der Waals surface area contributed by atoms with Crippen LogP contribution in [0, 0.1) is 5.82 Å². The minimum absolute atomic E-state index is 0.116. The molecule has 1 fully saturated rings. The van der Waals surface area contributed by atoms with E-state index in [0.29, 0.717) is 19.0 Å². The Morgan fingerprint density at radius 1 is 1.19 bits per heavy atom. The summed E-state index contributed by atoms with van der Waals surface area (Å²) in [5.41, 5.74) is 0.685. The maximum atomic E-state index is 14.2. The molecule has 2 N–H and O–H groups in total. The summed E-state index contributed by atoms with van der Waals surface area (Å²) in [6.45, 7) is 2.24. The van der Waals surface area contributed by atoms with Crippen LogP contribution in [0.3, 0.4) is 0 Å². The number of aryl methyl sites for hydroxylation is 1. The van der Waals surface area contributed by atoms with E-state index in [4.69, 9.17) is 0 Å². The van der Waals surface area contributed by atoms with Crippen molar-refractivity contribution >= 4 is 5.96 Å². The third-order valence-electron chi connectivity index (χ3n) is 5.72. The maximum Gasteiger partial charge on any atom is 0.191 e. The first-order valence-corrected chi connectivity index (χ1v) is 9.82. The van der Waals surface area contributed by atoms with Gasteiger partial charge in [0.2, 0.25) is 0 Å². The van der Waals surface area contributed by atoms with Crippen molar-refractivity contribution in [1.82, 2.24) is 25.4 Å². The zero-order chi connectivity index (χ0) is 18.7. The van der Waals surface area contributed by atoms with Crippen molar-refractivity contribution in [2.45, 2.75) is 57.0 Å². The monoisotopic (exact) mass is 370 g/mol. The van der Waals surface area contributed by atoms with Crippen LogP contribution in [0.25, 0.3) is 0 Å². The van der Waals surface area contributed by atoms with E-state index in [9.17, 15) is 4.39 Å². The van der Waals surface area contributed by atoms with Crippen molar-refractivity contribution in [3.8, 4) is 0 Å². The molecule has 0 unspecified atom stereocenters. The Balaban J connectivity index is 1.36. The van der Waals surface area contributed by atoms with Crippen LogP contribution < -0.4 is 10.6 Å². The Hall–Kier alpha value is -2.44. The number of nitrogens with one attached hydrogen (secondary N) is 2. The van der Waals surface area contributed by atoms with Gasteiger partial charge in [0.1, 0.15) is 11.6 Å². The van der Waals surface area contributed by atoms with Crippen molar-refractivity contribution in [1.29, 1.82) is 0 Å². The van der Waals surface area contributed by atoms with Crippen LogP contribution in [0.2, 0.25) is 0 Å². The highest BCUT2D eigenvalue weighted by Gasteiger charge is 2.45. The first-order chi connectivity index (χ1) is 13.2. The number of aliphatic imine (C=N–C) groups is 1. The van der Waals surface area contributed by atoms with Gasteiger partial charge < -0.3 is 15.2 Å². The summed E-state index contributed by atoms with van der Waals surface area (Å²) in [5, 5.41) is 15.4. The van der Waals surface area contributed by atoms with Crippen molar-refractivity contribution in [3.05, 3.63) is 47.3 Å². The fourth-order valence-electron chi connectivity index (χ4n) is 3.90. The summed E-state index contributed by atoms with van der Waals surface area (Å²) in [4.78, 5) is 4.31. The third kappa shape index (κ3) is 3.82. The number of guanidine groups is 1. The van der Waals surface area contributed by atoms with Crippen LogP contribution in [0.1, 0.15) is 49.3 Å². The van der Waals surface area contributed by atoms with E-state index in [1.54, 1.807) is 19.2 Å². The lowest BCUT2D eigenvalue weighted by atomic mass is 9.95. The average Bonchev–Trinajstić information content (AvgIpc) is 3.43. The minimum Gasteiger partial charge on any atom is -0.356 e. The summed E-state index contributed by atoms with van der Waals surface area (Å²) in [7, 11) is 1.75. The molecule has 1 saturated carbocycles. The molecule has 0 spiro atoms. The Kier molecular flexibility index (Phi) is 5.09. The molecule has 1 aromatic carbocycles. The highest BCUT2D eigenvalue weighted by Crippen LogP contribution is 2.48. The smallest absolute Gasteiger partial charge is 0.191 e. The third-order valence-corrected chi connectivity index (χ3v) is 5.72. The summed E-state index contributed by atoms with van der Waals surface area (Å²) in [6.07, 6.45) is 6.61. The molecule has 2 aliphatic rings. The van der Waals surface area contributed by atoms with E-state index in [1.165, 1.54) is 19.3 Å². The van der Waals surface area contributed by atoms with E-state index >= 15 is 0 Å². The minimum atomic E-state index is -0.120. The quantitative estimate of drug-likeness (QED) is 0.627. The molecule has 0 saturated heterocycles. The molecule has 1 aliphatic heterocycles. The number of halogens is 1. The van der Waals surface area contributed by atoms with Gasteiger partial charge in [-0.25, -0.2) is 4.39 Å². The lowest BCUT2D eigenvalue weighted by Crippen LogP contribution is -2.41. The Bertz CT molecular complexity index is 824. The Labute approximate surface area is 159 Å². The molecular weight excluding hydrogens is 343 g/mol. The fourth-order valence-corrected chi connectivity index (χ4v) is 3.90. The van der Waals surface area contributed by atoms with Gasteiger partial charge >= 0.3 is 0 Å². The molecule has 0 radical (unpaired) electrons. The van der Waals surface area contributed by atoms with Gasteiger partial charge in [-0.15, -0.1) is 10.2 Å². The normalized spacial score (nSPS) is 18.5. The zero-order valence-corrected chi connectivity index (χ0v) is 15.8. The zero-order valence-electron chi connectivity index (χ0n) is 15.8. The van der Waals surface area contributed by atoms with E-state index in [0.717, 1.165) is 43.0 Å². The summed E-state index contributed by atoms with van der Waals surface area (Å²) in [5.74, 6) is 2.63. The first-order valence-electron chi connectivity index (χ1n) is 9.82. The molecule has 1 aromatic heterocycles. The molecule has 2 heterocycles. The van der Waals surface area contributed by atoms with E-state index in [1.807, 2.05) is 12.1 Å². The van der Waals surface area contributed by atoms with Crippen molar-refractivity contribution < 1.29 is 4.39 Å². The second-order valence-corrected chi connectivity index (χ2v) is 7.53. The number of nitrogens with zero attached hydrogens (tertiary/aromatic N) is 4. The molecule has 0 atom stereocenters. The molecule has 7 heteroatoms. The molecule has 0 bridgehead atoms. The van der Waals surface area contributed by atoms with Gasteiger partial charge in [-0.3, -0.25) is 4.99 Å². The van der Waals surface area contributed by atoms with Crippen molar-refractivity contribution in [2.75, 3.05) is 13.6 Å². The molecule has 144 valence electrons. The van der Waals surface area contributed by atoms with Crippen LogP contribution in [0.15, 0.2) is 29.3 Å². The number of hydrogen-bond acceptors (Lipinski definition) is 3. The molecule has 1 aliphatic carbocycles.